The molecule has 0 heterocycles. The van der Waals surface area contributed by atoms with Gasteiger partial charge >= 0.3 is 12.0 Å². The Bertz CT molecular complexity index is 571. The zero-order valence-electron chi connectivity index (χ0n) is 12.3. The first kappa shape index (κ1) is 17.6. The molecule has 0 aliphatic heterocycles. The number of hydrogen-bond donors (Lipinski definition) is 3. The van der Waals surface area contributed by atoms with Crippen LogP contribution in [-0.2, 0) is 4.79 Å². The number of carboxylic acids is 1. The van der Waals surface area contributed by atoms with Crippen LogP contribution in [0.5, 0.6) is 0 Å². The first-order valence-corrected chi connectivity index (χ1v) is 7.00. The van der Waals surface area contributed by atoms with Gasteiger partial charge in [-0.1, -0.05) is 23.2 Å². The van der Waals surface area contributed by atoms with E-state index in [4.69, 9.17) is 23.2 Å². The van der Waals surface area contributed by atoms with Gasteiger partial charge in [0.25, 0.3) is 0 Å². The van der Waals surface area contributed by atoms with Crippen LogP contribution >= 0.6 is 23.2 Å². The highest BCUT2D eigenvalue weighted by Crippen LogP contribution is 2.31. The molecule has 7 heteroatoms. The molecule has 3 N–H and O–H groups in total. The second-order valence-corrected chi connectivity index (χ2v) is 6.60. The van der Waals surface area contributed by atoms with Crippen LogP contribution in [0, 0.1) is 5.41 Å². The van der Waals surface area contributed by atoms with Gasteiger partial charge in [0.05, 0.1) is 21.7 Å². The average Bonchev–Trinajstić information content (AvgIpc) is 2.32. The summed E-state index contributed by atoms with van der Waals surface area (Å²) in [6.45, 7) is 6.37. The van der Waals surface area contributed by atoms with E-state index in [-0.39, 0.29) is 0 Å². The summed E-state index contributed by atoms with van der Waals surface area (Å²) in [5.41, 5.74) is -1.78. The largest absolute Gasteiger partial charge is 0.481 e. The number of carboxylic acid groups (broad SMARTS) is 1. The first-order chi connectivity index (χ1) is 9.47. The molecule has 2 amide bonds. The molecule has 0 fully saturated rings. The highest BCUT2D eigenvalue weighted by molar-refractivity contribution is 6.35. The monoisotopic (exact) mass is 332 g/mol. The fourth-order valence-electron chi connectivity index (χ4n) is 1.45. The number of urea groups is 1. The summed E-state index contributed by atoms with van der Waals surface area (Å²) < 4.78 is 0. The molecule has 21 heavy (non-hydrogen) atoms. The molecular weight excluding hydrogens is 315 g/mol. The number of rotatable bonds is 4. The third kappa shape index (κ3) is 4.02. The Morgan fingerprint density at radius 1 is 1.14 bits per heavy atom. The van der Waals surface area contributed by atoms with Gasteiger partial charge in [0, 0.05) is 5.02 Å². The molecule has 0 saturated heterocycles. The first-order valence-electron chi connectivity index (χ1n) is 6.25. The van der Waals surface area contributed by atoms with Gasteiger partial charge in [0.2, 0.25) is 0 Å². The minimum absolute atomic E-state index is 0.338. The molecule has 0 aliphatic carbocycles. The lowest BCUT2D eigenvalue weighted by atomic mass is 9.74. The topological polar surface area (TPSA) is 78.4 Å². The number of carbonyl (C=O) groups excluding carboxylic acids is 1. The molecule has 0 radical (unpaired) electrons. The SMILES string of the molecule is CC(C)(NC(=O)Nc1cc(Cl)ccc1Cl)C(C)(C)C(=O)O. The maximum Gasteiger partial charge on any atom is 0.319 e. The van der Waals surface area contributed by atoms with Crippen LogP contribution in [0.2, 0.25) is 10.0 Å². The Morgan fingerprint density at radius 2 is 1.71 bits per heavy atom. The fourth-order valence-corrected chi connectivity index (χ4v) is 1.79. The van der Waals surface area contributed by atoms with Gasteiger partial charge in [-0.25, -0.2) is 4.79 Å². The third-order valence-corrected chi connectivity index (χ3v) is 4.26. The summed E-state index contributed by atoms with van der Waals surface area (Å²) in [7, 11) is 0. The van der Waals surface area contributed by atoms with E-state index in [1.54, 1.807) is 39.8 Å². The predicted molar refractivity (Wildman–Crippen MR) is 84.1 cm³/mol. The van der Waals surface area contributed by atoms with E-state index in [2.05, 4.69) is 10.6 Å². The Morgan fingerprint density at radius 3 is 2.24 bits per heavy atom. The summed E-state index contributed by atoms with van der Waals surface area (Å²) in [6, 6.07) is 4.12. The molecule has 0 aliphatic rings. The summed E-state index contributed by atoms with van der Waals surface area (Å²) in [5.74, 6) is -1.01. The van der Waals surface area contributed by atoms with E-state index in [9.17, 15) is 14.7 Å². The minimum atomic E-state index is -1.15. The summed E-state index contributed by atoms with van der Waals surface area (Å²) in [4.78, 5) is 23.3. The van der Waals surface area contributed by atoms with Crippen LogP contribution in [0.25, 0.3) is 0 Å². The molecule has 0 saturated carbocycles. The van der Waals surface area contributed by atoms with Crippen molar-refractivity contribution in [3.05, 3.63) is 28.2 Å². The number of anilines is 1. The molecule has 116 valence electrons. The van der Waals surface area contributed by atoms with Gasteiger partial charge in [0.15, 0.2) is 0 Å². The Hall–Kier alpha value is -1.46. The van der Waals surface area contributed by atoms with Crippen LogP contribution in [0.15, 0.2) is 18.2 Å². The van der Waals surface area contributed by atoms with Gasteiger partial charge in [0.1, 0.15) is 0 Å². The summed E-state index contributed by atoms with van der Waals surface area (Å²) in [6.07, 6.45) is 0. The Labute approximate surface area is 133 Å². The molecule has 1 rings (SSSR count). The van der Waals surface area contributed by atoms with Crippen molar-refractivity contribution in [2.24, 2.45) is 5.41 Å². The maximum atomic E-state index is 12.0. The quantitative estimate of drug-likeness (QED) is 0.779. The van der Waals surface area contributed by atoms with Crippen LogP contribution in [-0.4, -0.2) is 22.6 Å². The van der Waals surface area contributed by atoms with Crippen LogP contribution < -0.4 is 10.6 Å². The van der Waals surface area contributed by atoms with Gasteiger partial charge in [-0.2, -0.15) is 0 Å². The van der Waals surface area contributed by atoms with Gasteiger partial charge in [-0.15, -0.1) is 0 Å². The maximum absolute atomic E-state index is 12.0. The molecule has 1 aromatic rings. The second-order valence-electron chi connectivity index (χ2n) is 5.76. The van der Waals surface area contributed by atoms with Crippen molar-refractivity contribution in [1.82, 2.24) is 5.32 Å². The number of halogens is 2. The van der Waals surface area contributed by atoms with Crippen molar-refractivity contribution in [2.45, 2.75) is 33.2 Å². The molecule has 0 bridgehead atoms. The van der Waals surface area contributed by atoms with E-state index >= 15 is 0 Å². The van der Waals surface area contributed by atoms with E-state index in [0.717, 1.165) is 0 Å². The van der Waals surface area contributed by atoms with Crippen LogP contribution in [0.4, 0.5) is 10.5 Å². The van der Waals surface area contributed by atoms with Crippen molar-refractivity contribution in [1.29, 1.82) is 0 Å². The number of aliphatic carboxylic acids is 1. The fraction of sp³-hybridized carbons (Fsp3) is 0.429. The van der Waals surface area contributed by atoms with Crippen LogP contribution in [0.3, 0.4) is 0 Å². The highest BCUT2D eigenvalue weighted by atomic mass is 35.5. The second kappa shape index (κ2) is 6.12. The normalized spacial score (nSPS) is 11.9. The Balaban J connectivity index is 2.87. The lowest BCUT2D eigenvalue weighted by molar-refractivity contribution is -0.150. The number of benzene rings is 1. The van der Waals surface area contributed by atoms with E-state index in [0.29, 0.717) is 15.7 Å². The summed E-state index contributed by atoms with van der Waals surface area (Å²) >= 11 is 11.8. The van der Waals surface area contributed by atoms with Crippen molar-refractivity contribution >= 4 is 40.9 Å². The third-order valence-electron chi connectivity index (χ3n) is 3.70. The van der Waals surface area contributed by atoms with E-state index in [1.807, 2.05) is 0 Å². The summed E-state index contributed by atoms with van der Waals surface area (Å²) in [5, 5.41) is 15.2. The van der Waals surface area contributed by atoms with Gasteiger partial charge in [-0.05, 0) is 45.9 Å². The smallest absolute Gasteiger partial charge is 0.319 e. The zero-order chi connectivity index (χ0) is 16.4. The Kier molecular flexibility index (Phi) is 5.12. The number of amides is 2. The van der Waals surface area contributed by atoms with Gasteiger partial charge in [-0.3, -0.25) is 4.79 Å². The van der Waals surface area contributed by atoms with Crippen molar-refractivity contribution in [3.63, 3.8) is 0 Å². The number of hydrogen-bond acceptors (Lipinski definition) is 2. The molecule has 1 aromatic carbocycles. The zero-order valence-corrected chi connectivity index (χ0v) is 13.8. The predicted octanol–water partition coefficient (Wildman–Crippen LogP) is 4.00. The molecule has 0 atom stereocenters. The van der Waals surface area contributed by atoms with E-state index in [1.165, 1.54) is 6.07 Å². The van der Waals surface area contributed by atoms with E-state index < -0.39 is 23.0 Å². The molecule has 0 aromatic heterocycles. The van der Waals surface area contributed by atoms with Crippen molar-refractivity contribution < 1.29 is 14.7 Å². The van der Waals surface area contributed by atoms with Crippen LogP contribution in [0.1, 0.15) is 27.7 Å². The molecule has 0 unspecified atom stereocenters. The highest BCUT2D eigenvalue weighted by Gasteiger charge is 2.44. The molecule has 5 nitrogen and oxygen atoms in total. The van der Waals surface area contributed by atoms with Crippen molar-refractivity contribution in [2.75, 3.05) is 5.32 Å². The lowest BCUT2D eigenvalue weighted by Crippen LogP contribution is -2.57. The molecule has 0 spiro atoms. The lowest BCUT2D eigenvalue weighted by Gasteiger charge is -2.38. The standard InChI is InChI=1S/C14H18Cl2N2O3/c1-13(2,11(19)20)14(3,4)18-12(21)17-10-7-8(15)5-6-9(10)16/h5-7H,1-4H3,(H,19,20)(H2,17,18,21). The minimum Gasteiger partial charge on any atom is -0.481 e. The molecular formula is C14H18Cl2N2O3. The number of nitrogens with one attached hydrogen (secondary N) is 2. The number of carbonyl (C=O) groups is 2. The van der Waals surface area contributed by atoms with Crippen molar-refractivity contribution in [3.8, 4) is 0 Å². The van der Waals surface area contributed by atoms with Gasteiger partial charge < -0.3 is 15.7 Å². The average molecular weight is 333 g/mol.